The van der Waals surface area contributed by atoms with E-state index in [2.05, 4.69) is 21.7 Å². The smallest absolute Gasteiger partial charge is 0.260 e. The predicted molar refractivity (Wildman–Crippen MR) is 106 cm³/mol. The number of aliphatic hydroxyl groups is 1. The van der Waals surface area contributed by atoms with Gasteiger partial charge in [0.05, 0.1) is 30.4 Å². The van der Waals surface area contributed by atoms with Crippen LogP contribution in [0, 0.1) is 17.3 Å². The molecule has 1 N–H and O–H groups in total. The minimum atomic E-state index is -2.82. The van der Waals surface area contributed by atoms with E-state index in [1.54, 1.807) is 4.90 Å². The van der Waals surface area contributed by atoms with Gasteiger partial charge in [0.25, 0.3) is 5.92 Å². The summed E-state index contributed by atoms with van der Waals surface area (Å²) in [6, 6.07) is 8.39. The Morgan fingerprint density at radius 1 is 1.17 bits per heavy atom. The lowest BCUT2D eigenvalue weighted by atomic mass is 9.73. The van der Waals surface area contributed by atoms with Crippen LogP contribution >= 0.6 is 0 Å². The number of rotatable bonds is 2. The molecule has 3 fully saturated rings. The molecule has 4 atom stereocenters. The first-order chi connectivity index (χ1) is 14.4. The zero-order valence-corrected chi connectivity index (χ0v) is 16.7. The maximum Gasteiger partial charge on any atom is 0.260 e. The molecule has 2 saturated carbocycles. The zero-order valence-electron chi connectivity index (χ0n) is 16.7. The maximum absolute atomic E-state index is 13.3. The molecule has 1 aromatic heterocycles. The molecule has 0 unspecified atom stereocenters. The Balaban J connectivity index is 1.21. The minimum absolute atomic E-state index is 0.0675. The number of imidazole rings is 1. The van der Waals surface area contributed by atoms with E-state index in [4.69, 9.17) is 0 Å². The van der Waals surface area contributed by atoms with Gasteiger partial charge in [-0.2, -0.15) is 0 Å². The predicted octanol–water partition coefficient (Wildman–Crippen LogP) is 3.49. The highest BCUT2D eigenvalue weighted by atomic mass is 19.3. The van der Waals surface area contributed by atoms with Crippen LogP contribution in [0.1, 0.15) is 43.7 Å². The monoisotopic (exact) mass is 413 g/mol. The number of alkyl halides is 2. The zero-order chi connectivity index (χ0) is 20.7. The summed E-state index contributed by atoms with van der Waals surface area (Å²) >= 11 is 0. The van der Waals surface area contributed by atoms with Gasteiger partial charge in [0.1, 0.15) is 5.92 Å². The van der Waals surface area contributed by atoms with Crippen LogP contribution in [0.3, 0.4) is 0 Å². The lowest BCUT2D eigenvalue weighted by Gasteiger charge is -2.43. The van der Waals surface area contributed by atoms with E-state index < -0.39 is 23.9 Å². The molecule has 7 heteroatoms. The molecule has 30 heavy (non-hydrogen) atoms. The molecule has 158 valence electrons. The molecule has 2 aliphatic heterocycles. The molecule has 1 saturated heterocycles. The molecule has 1 amide bonds. The number of halogens is 2. The molecule has 6 rings (SSSR count). The summed E-state index contributed by atoms with van der Waals surface area (Å²) in [5.41, 5.74) is 3.28. The summed E-state index contributed by atoms with van der Waals surface area (Å²) in [5, 5.41) is 11.5. The number of carbonyl (C=O) groups excluding carboxylic acids is 1. The van der Waals surface area contributed by atoms with Crippen LogP contribution in [0.25, 0.3) is 11.3 Å². The highest BCUT2D eigenvalue weighted by Crippen LogP contribution is 2.56. The van der Waals surface area contributed by atoms with Crippen molar-refractivity contribution in [3.05, 3.63) is 42.4 Å². The van der Waals surface area contributed by atoms with Gasteiger partial charge in [-0.1, -0.05) is 24.3 Å². The summed E-state index contributed by atoms with van der Waals surface area (Å²) in [5.74, 6) is -4.27. The number of hydrogen-bond acceptors (Lipinski definition) is 3. The SMILES string of the molecule is O=C([C@@H]1CC1(F)F)N1CCC2(CC[C@@H]([C@H]3c4ccccc4-c4cncn43)[C@H]2O)CC1. The van der Waals surface area contributed by atoms with Crippen molar-refractivity contribution in [1.82, 2.24) is 14.5 Å². The molecule has 3 heterocycles. The standard InChI is InChI=1S/C23H25F2N3O2/c24-23(25)11-17(23)21(30)27-9-7-22(8-10-27)6-5-16(20(22)29)19-15-4-2-1-3-14(15)18-12-26-13-28(18)19/h1-4,12-13,16-17,19-20,29H,5-11H2/t16-,17-,19+,20+/m0/s1. The van der Waals surface area contributed by atoms with Crippen LogP contribution in [0.2, 0.25) is 0 Å². The van der Waals surface area contributed by atoms with Crippen molar-refractivity contribution in [1.29, 1.82) is 0 Å². The van der Waals surface area contributed by atoms with Crippen molar-refractivity contribution in [3.63, 3.8) is 0 Å². The molecule has 5 nitrogen and oxygen atoms in total. The Morgan fingerprint density at radius 3 is 2.63 bits per heavy atom. The summed E-state index contributed by atoms with van der Waals surface area (Å²) in [4.78, 5) is 18.3. The van der Waals surface area contributed by atoms with Gasteiger partial charge in [-0.3, -0.25) is 4.79 Å². The second-order valence-electron chi connectivity index (χ2n) is 9.57. The van der Waals surface area contributed by atoms with Crippen LogP contribution in [-0.4, -0.2) is 50.6 Å². The highest BCUT2D eigenvalue weighted by Gasteiger charge is 2.63. The Hall–Kier alpha value is -2.28. The fraction of sp³-hybridized carbons (Fsp3) is 0.565. The van der Waals surface area contributed by atoms with Gasteiger partial charge in [0.15, 0.2) is 0 Å². The lowest BCUT2D eigenvalue weighted by molar-refractivity contribution is -0.138. The Bertz CT molecular complexity index is 1010. The van der Waals surface area contributed by atoms with E-state index in [1.807, 2.05) is 24.7 Å². The van der Waals surface area contributed by atoms with Gasteiger partial charge in [-0.25, -0.2) is 13.8 Å². The summed E-state index contributed by atoms with van der Waals surface area (Å²) in [6.45, 7) is 0.930. The number of aromatic nitrogens is 2. The summed E-state index contributed by atoms with van der Waals surface area (Å²) in [7, 11) is 0. The quantitative estimate of drug-likeness (QED) is 0.820. The molecule has 0 radical (unpaired) electrons. The van der Waals surface area contributed by atoms with Gasteiger partial charge >= 0.3 is 0 Å². The highest BCUT2D eigenvalue weighted by molar-refractivity contribution is 5.83. The van der Waals surface area contributed by atoms with Gasteiger partial charge < -0.3 is 14.6 Å². The third-order valence-electron chi connectivity index (χ3n) is 8.13. The molecule has 4 aliphatic rings. The van der Waals surface area contributed by atoms with E-state index in [0.717, 1.165) is 18.5 Å². The third-order valence-corrected chi connectivity index (χ3v) is 8.13. The van der Waals surface area contributed by atoms with Crippen LogP contribution in [0.4, 0.5) is 8.78 Å². The number of hydrogen-bond donors (Lipinski definition) is 1. The Morgan fingerprint density at radius 2 is 1.90 bits per heavy atom. The second-order valence-corrected chi connectivity index (χ2v) is 9.57. The molecule has 0 bridgehead atoms. The first kappa shape index (κ1) is 18.5. The number of likely N-dealkylation sites (tertiary alicyclic amines) is 1. The topological polar surface area (TPSA) is 58.4 Å². The van der Waals surface area contributed by atoms with Crippen LogP contribution in [0.5, 0.6) is 0 Å². The Kier molecular flexibility index (Phi) is 3.77. The first-order valence-corrected chi connectivity index (χ1v) is 10.9. The van der Waals surface area contributed by atoms with Crippen molar-refractivity contribution in [2.24, 2.45) is 17.3 Å². The number of carbonyl (C=O) groups is 1. The van der Waals surface area contributed by atoms with Crippen LogP contribution in [0.15, 0.2) is 36.8 Å². The molecular weight excluding hydrogens is 388 g/mol. The van der Waals surface area contributed by atoms with Crippen molar-refractivity contribution in [2.75, 3.05) is 13.1 Å². The van der Waals surface area contributed by atoms with Crippen molar-refractivity contribution in [3.8, 4) is 11.3 Å². The molecule has 1 aromatic carbocycles. The van der Waals surface area contributed by atoms with Crippen molar-refractivity contribution in [2.45, 2.75) is 50.2 Å². The van der Waals surface area contributed by atoms with E-state index in [0.29, 0.717) is 25.9 Å². The number of amides is 1. The number of piperidine rings is 1. The summed E-state index contributed by atoms with van der Waals surface area (Å²) < 4.78 is 28.8. The molecule has 2 aliphatic carbocycles. The van der Waals surface area contributed by atoms with Gasteiger partial charge in [-0.05, 0) is 31.2 Å². The normalized spacial score (nSPS) is 32.8. The summed E-state index contributed by atoms with van der Waals surface area (Å²) in [6.07, 6.45) is 6.12. The maximum atomic E-state index is 13.3. The fourth-order valence-electron chi connectivity index (χ4n) is 6.27. The van der Waals surface area contributed by atoms with Gasteiger partial charge in [0.2, 0.25) is 5.91 Å². The third kappa shape index (κ3) is 2.47. The van der Waals surface area contributed by atoms with E-state index in [9.17, 15) is 18.7 Å². The van der Waals surface area contributed by atoms with Gasteiger partial charge in [0, 0.05) is 36.4 Å². The van der Waals surface area contributed by atoms with Crippen LogP contribution in [-0.2, 0) is 4.79 Å². The number of benzene rings is 1. The van der Waals surface area contributed by atoms with E-state index in [-0.39, 0.29) is 23.8 Å². The number of aliphatic hydroxyl groups excluding tert-OH is 1. The molecular formula is C23H25F2N3O2. The van der Waals surface area contributed by atoms with E-state index >= 15 is 0 Å². The number of fused-ring (bicyclic) bond motifs is 3. The lowest BCUT2D eigenvalue weighted by Crippen LogP contribution is -2.48. The second kappa shape index (κ2) is 6.13. The van der Waals surface area contributed by atoms with Crippen molar-refractivity contribution < 1.29 is 18.7 Å². The Labute approximate surface area is 173 Å². The average Bonchev–Trinajstić information content (AvgIpc) is 3.08. The van der Waals surface area contributed by atoms with Crippen LogP contribution < -0.4 is 0 Å². The average molecular weight is 413 g/mol. The molecule has 1 spiro atoms. The van der Waals surface area contributed by atoms with E-state index in [1.165, 1.54) is 11.1 Å². The van der Waals surface area contributed by atoms with Crippen molar-refractivity contribution >= 4 is 5.91 Å². The first-order valence-electron chi connectivity index (χ1n) is 10.9. The molecule has 2 aromatic rings. The fourth-order valence-corrected chi connectivity index (χ4v) is 6.27. The van der Waals surface area contributed by atoms with Gasteiger partial charge in [-0.15, -0.1) is 0 Å². The largest absolute Gasteiger partial charge is 0.392 e. The number of nitrogens with zero attached hydrogens (tertiary/aromatic N) is 3. The minimum Gasteiger partial charge on any atom is -0.392 e.